The molecule has 0 bridgehead atoms. The van der Waals surface area contributed by atoms with Gasteiger partial charge in [0.2, 0.25) is 11.7 Å². The van der Waals surface area contributed by atoms with Gasteiger partial charge in [0.25, 0.3) is 0 Å². The van der Waals surface area contributed by atoms with E-state index in [-0.39, 0.29) is 0 Å². The maximum atomic E-state index is 12.5. The largest absolute Gasteiger partial charge is 0.339 e. The summed E-state index contributed by atoms with van der Waals surface area (Å²) in [5.41, 5.74) is 1.78. The highest BCUT2D eigenvalue weighted by molar-refractivity contribution is 7.94. The Kier molecular flexibility index (Phi) is 4.04. The topological polar surface area (TPSA) is 81.2 Å². The van der Waals surface area contributed by atoms with Gasteiger partial charge in [-0.2, -0.15) is 4.98 Å². The van der Waals surface area contributed by atoms with Crippen molar-refractivity contribution in [1.82, 2.24) is 15.1 Å². The van der Waals surface area contributed by atoms with Crippen molar-refractivity contribution in [2.45, 2.75) is 17.8 Å². The molecule has 0 amide bonds. The predicted molar refractivity (Wildman–Crippen MR) is 85.0 cm³/mol. The Bertz CT molecular complexity index is 893. The molecule has 3 rings (SSSR count). The molecule has 6 nitrogen and oxygen atoms in total. The van der Waals surface area contributed by atoms with Crippen LogP contribution in [0.4, 0.5) is 0 Å². The molecule has 0 spiro atoms. The molecule has 1 unspecified atom stereocenters. The van der Waals surface area contributed by atoms with Crippen molar-refractivity contribution in [3.63, 3.8) is 0 Å². The van der Waals surface area contributed by atoms with Crippen molar-refractivity contribution >= 4 is 21.1 Å². The second-order valence-corrected chi connectivity index (χ2v) is 8.13. The van der Waals surface area contributed by atoms with E-state index in [9.17, 15) is 4.21 Å². The smallest absolute Gasteiger partial charge is 0.223 e. The van der Waals surface area contributed by atoms with E-state index in [0.717, 1.165) is 11.1 Å². The lowest BCUT2D eigenvalue weighted by Gasteiger charge is -2.02. The summed E-state index contributed by atoms with van der Waals surface area (Å²) in [4.78, 5) is 8.28. The Balaban J connectivity index is 1.86. The highest BCUT2D eigenvalue weighted by Gasteiger charge is 2.09. The maximum Gasteiger partial charge on any atom is 0.223 e. The van der Waals surface area contributed by atoms with Crippen LogP contribution in [0, 0.1) is 6.92 Å². The van der Waals surface area contributed by atoms with E-state index in [2.05, 4.69) is 19.5 Å². The van der Waals surface area contributed by atoms with Crippen LogP contribution in [0.3, 0.4) is 0 Å². The summed E-state index contributed by atoms with van der Waals surface area (Å²) in [6.07, 6.45) is 3.25. The number of hydrogen-bond donors (Lipinski definition) is 0. The van der Waals surface area contributed by atoms with Crippen molar-refractivity contribution in [3.05, 3.63) is 47.3 Å². The molecule has 2 heterocycles. The number of aromatic nitrogens is 3. The van der Waals surface area contributed by atoms with Crippen molar-refractivity contribution in [3.8, 4) is 11.4 Å². The SMILES string of the molecule is Cc1nc(-c2cccc(CN=S(C)(=O)c3nccs3)c2)no1. The predicted octanol–water partition coefficient (Wildman–Crippen LogP) is 3.16. The summed E-state index contributed by atoms with van der Waals surface area (Å²) in [7, 11) is -2.46. The quantitative estimate of drug-likeness (QED) is 0.732. The molecule has 8 heteroatoms. The standard InChI is InChI=1S/C14H14N4O2S2/c1-10-17-13(18-20-10)12-5-3-4-11(8-12)9-16-22(2,19)14-15-6-7-21-14/h3-8H,9H2,1-2H3. The molecule has 22 heavy (non-hydrogen) atoms. The van der Waals surface area contributed by atoms with Crippen LogP contribution >= 0.6 is 11.3 Å². The number of rotatable bonds is 4. The van der Waals surface area contributed by atoms with E-state index in [1.54, 1.807) is 24.8 Å². The van der Waals surface area contributed by atoms with Gasteiger partial charge in [0.15, 0.2) is 4.34 Å². The van der Waals surface area contributed by atoms with E-state index in [1.807, 2.05) is 24.3 Å². The van der Waals surface area contributed by atoms with Crippen LogP contribution in [0.2, 0.25) is 0 Å². The minimum Gasteiger partial charge on any atom is -0.339 e. The lowest BCUT2D eigenvalue weighted by atomic mass is 10.1. The molecule has 2 aromatic heterocycles. The second kappa shape index (κ2) is 5.98. The highest BCUT2D eigenvalue weighted by atomic mass is 32.2. The third kappa shape index (κ3) is 3.23. The van der Waals surface area contributed by atoms with Crippen LogP contribution in [0.25, 0.3) is 11.4 Å². The average Bonchev–Trinajstić information content (AvgIpc) is 3.17. The Labute approximate surface area is 132 Å². The summed E-state index contributed by atoms with van der Waals surface area (Å²) in [5.74, 6) is 1.06. The number of benzene rings is 1. The van der Waals surface area contributed by atoms with Crippen molar-refractivity contribution in [2.24, 2.45) is 4.36 Å². The van der Waals surface area contributed by atoms with Gasteiger partial charge in [-0.15, -0.1) is 11.3 Å². The fraction of sp³-hybridized carbons (Fsp3) is 0.214. The van der Waals surface area contributed by atoms with E-state index < -0.39 is 9.73 Å². The molecule has 1 aromatic carbocycles. The third-order valence-electron chi connectivity index (χ3n) is 2.94. The van der Waals surface area contributed by atoms with Crippen LogP contribution in [-0.4, -0.2) is 25.6 Å². The number of nitrogens with zero attached hydrogens (tertiary/aromatic N) is 4. The highest BCUT2D eigenvalue weighted by Crippen LogP contribution is 2.19. The Morgan fingerprint density at radius 1 is 1.41 bits per heavy atom. The summed E-state index contributed by atoms with van der Waals surface area (Å²) >= 11 is 1.36. The van der Waals surface area contributed by atoms with Gasteiger partial charge in [-0.3, -0.25) is 0 Å². The lowest BCUT2D eigenvalue weighted by molar-refractivity contribution is 0.394. The van der Waals surface area contributed by atoms with Gasteiger partial charge in [-0.25, -0.2) is 13.6 Å². The van der Waals surface area contributed by atoms with Crippen LogP contribution in [0.5, 0.6) is 0 Å². The molecule has 0 aliphatic carbocycles. The van der Waals surface area contributed by atoms with Gasteiger partial charge in [0.1, 0.15) is 9.73 Å². The number of thiazole rings is 1. The molecule has 1 atom stereocenters. The van der Waals surface area contributed by atoms with Crippen molar-refractivity contribution in [2.75, 3.05) is 6.26 Å². The van der Waals surface area contributed by atoms with E-state index in [4.69, 9.17) is 4.52 Å². The first-order valence-corrected chi connectivity index (χ1v) is 9.32. The minimum absolute atomic E-state index is 0.347. The van der Waals surface area contributed by atoms with Crippen LogP contribution in [0.1, 0.15) is 11.5 Å². The van der Waals surface area contributed by atoms with Gasteiger partial charge in [-0.05, 0) is 11.6 Å². The van der Waals surface area contributed by atoms with Crippen molar-refractivity contribution in [1.29, 1.82) is 0 Å². The first kappa shape index (κ1) is 14.9. The monoisotopic (exact) mass is 334 g/mol. The molecule has 0 fully saturated rings. The zero-order chi connectivity index (χ0) is 15.6. The van der Waals surface area contributed by atoms with Gasteiger partial charge in [-0.1, -0.05) is 23.4 Å². The first-order valence-electron chi connectivity index (χ1n) is 6.52. The molecule has 0 N–H and O–H groups in total. The Morgan fingerprint density at radius 2 is 2.27 bits per heavy atom. The summed E-state index contributed by atoms with van der Waals surface area (Å²) < 4.78 is 22.4. The lowest BCUT2D eigenvalue weighted by Crippen LogP contribution is -1.97. The minimum atomic E-state index is -2.46. The van der Waals surface area contributed by atoms with Crippen LogP contribution < -0.4 is 0 Å². The zero-order valence-electron chi connectivity index (χ0n) is 12.1. The second-order valence-electron chi connectivity index (χ2n) is 4.73. The molecule has 0 aliphatic rings. The normalized spacial score (nSPS) is 13.7. The maximum absolute atomic E-state index is 12.5. The van der Waals surface area contributed by atoms with Gasteiger partial charge < -0.3 is 4.52 Å². The van der Waals surface area contributed by atoms with E-state index >= 15 is 0 Å². The molecule has 0 aliphatic heterocycles. The molecule has 0 radical (unpaired) electrons. The molecule has 3 aromatic rings. The summed E-state index contributed by atoms with van der Waals surface area (Å²) in [5, 5.41) is 5.69. The Hall–Kier alpha value is -2.06. The van der Waals surface area contributed by atoms with Crippen LogP contribution in [-0.2, 0) is 16.3 Å². The van der Waals surface area contributed by atoms with Gasteiger partial charge >= 0.3 is 0 Å². The molecular weight excluding hydrogens is 320 g/mol. The third-order valence-corrected chi connectivity index (χ3v) is 6.10. The van der Waals surface area contributed by atoms with Gasteiger partial charge in [0.05, 0.1) is 6.54 Å². The Morgan fingerprint density at radius 3 is 2.95 bits per heavy atom. The average molecular weight is 334 g/mol. The summed E-state index contributed by atoms with van der Waals surface area (Å²) in [6.45, 7) is 2.09. The zero-order valence-corrected chi connectivity index (χ0v) is 13.7. The van der Waals surface area contributed by atoms with E-state index in [1.165, 1.54) is 11.3 Å². The molecule has 0 saturated heterocycles. The summed E-state index contributed by atoms with van der Waals surface area (Å²) in [6, 6.07) is 7.65. The fourth-order valence-electron chi connectivity index (χ4n) is 1.88. The molecule has 114 valence electrons. The van der Waals surface area contributed by atoms with Gasteiger partial charge in [0, 0.05) is 30.3 Å². The number of aryl methyl sites for hydroxylation is 1. The van der Waals surface area contributed by atoms with E-state index in [0.29, 0.717) is 22.6 Å². The fourth-order valence-corrected chi connectivity index (χ4v) is 4.04. The molecule has 0 saturated carbocycles. The van der Waals surface area contributed by atoms with Crippen LogP contribution in [0.15, 0.2) is 49.1 Å². The first-order chi connectivity index (χ1) is 10.5. The molecular formula is C14H14N4O2S2. The number of hydrogen-bond acceptors (Lipinski definition) is 7. The van der Waals surface area contributed by atoms with Crippen molar-refractivity contribution < 1.29 is 8.73 Å².